The third kappa shape index (κ3) is 5.93. The summed E-state index contributed by atoms with van der Waals surface area (Å²) in [6, 6.07) is 8.16. The van der Waals surface area contributed by atoms with Crippen molar-refractivity contribution in [2.75, 3.05) is 4.90 Å². The highest BCUT2D eigenvalue weighted by atomic mass is 32.2. The van der Waals surface area contributed by atoms with E-state index in [1.165, 1.54) is 74.1 Å². The lowest BCUT2D eigenvalue weighted by Crippen LogP contribution is -2.57. The van der Waals surface area contributed by atoms with Crippen molar-refractivity contribution < 1.29 is 0 Å². The number of hydrogen-bond acceptors (Lipinski definition) is 4. The highest BCUT2D eigenvalue weighted by Gasteiger charge is 2.62. The van der Waals surface area contributed by atoms with E-state index in [2.05, 4.69) is 163 Å². The van der Waals surface area contributed by atoms with Crippen LogP contribution in [0.4, 0.5) is 5.69 Å². The minimum atomic E-state index is 0.114. The predicted octanol–water partition coefficient (Wildman–Crippen LogP) is 15.7. The largest absolute Gasteiger partial charge is 0.360 e. The molecule has 11 atom stereocenters. The van der Waals surface area contributed by atoms with Crippen molar-refractivity contribution in [3.63, 3.8) is 0 Å². The van der Waals surface area contributed by atoms with Crippen LogP contribution in [0.25, 0.3) is 0 Å². The van der Waals surface area contributed by atoms with Crippen LogP contribution in [0.1, 0.15) is 122 Å². The molecular formula is C61H66N2S2. The zero-order chi connectivity index (χ0) is 43.1. The van der Waals surface area contributed by atoms with Crippen molar-refractivity contribution >= 4 is 29.2 Å². The second-order valence-electron chi connectivity index (χ2n) is 22.4. The number of allylic oxidation sites excluding steroid dienone is 21. The van der Waals surface area contributed by atoms with Gasteiger partial charge in [0.25, 0.3) is 0 Å². The Morgan fingerprint density at radius 3 is 2.60 bits per heavy atom. The summed E-state index contributed by atoms with van der Waals surface area (Å²) in [7, 11) is 0. The number of fused-ring (bicyclic) bond motifs is 6. The van der Waals surface area contributed by atoms with Crippen molar-refractivity contribution in [1.29, 1.82) is 0 Å². The standard InChI is InChI=1S/C61H66N2S2/c1-4-36-33-50(62(38-17-7-5-8-18-38)48-25-15-23-43-41-21-11-13-27-52(41)64-59(43)48)46-35-47-54-37(31-32-61(47,2)3)34-51(56-45-30-29-40(36)55(46)57(45)58(54)56)63(39-19-9-6-10-20-39)49-26-16-24-44-42-22-12-14-28-53(42)65-60(44)49/h6-7,9-11,15-19,21,23-25,29-30,34-36,39,41-42,45,49,52-53,56-58H,4-5,8,12-14,20,22,26-28,31-33H2,1-3H3/t36?,39?,41?,42?,45?,49?,52?,53?,56-,57?,58?/m0/s1. The Morgan fingerprint density at radius 1 is 0.785 bits per heavy atom. The molecule has 2 aliphatic heterocycles. The maximum absolute atomic E-state index is 3.06. The van der Waals surface area contributed by atoms with Gasteiger partial charge in [0, 0.05) is 55.1 Å². The first-order valence-electron chi connectivity index (χ1n) is 26.1. The van der Waals surface area contributed by atoms with E-state index in [1.54, 1.807) is 60.9 Å². The molecule has 2 nitrogen and oxygen atoms in total. The van der Waals surface area contributed by atoms with Crippen LogP contribution >= 0.6 is 23.5 Å². The van der Waals surface area contributed by atoms with Gasteiger partial charge in [0.1, 0.15) is 0 Å². The molecule has 14 rings (SSSR count). The molecule has 332 valence electrons. The average Bonchev–Trinajstić information content (AvgIpc) is 3.87. The van der Waals surface area contributed by atoms with Gasteiger partial charge in [-0.2, -0.15) is 0 Å². The molecule has 0 amide bonds. The fourth-order valence-corrected chi connectivity index (χ4v) is 19.0. The third-order valence-electron chi connectivity index (χ3n) is 18.7. The molecule has 65 heavy (non-hydrogen) atoms. The Labute approximate surface area is 397 Å². The van der Waals surface area contributed by atoms with Crippen molar-refractivity contribution in [3.8, 4) is 0 Å². The Hall–Kier alpha value is -3.86. The number of benzene rings is 1. The number of thioether (sulfide) groups is 2. The van der Waals surface area contributed by atoms with Gasteiger partial charge in [-0.15, -0.1) is 23.5 Å². The third-order valence-corrected chi connectivity index (χ3v) is 21.9. The van der Waals surface area contributed by atoms with Crippen molar-refractivity contribution in [3.05, 3.63) is 176 Å². The van der Waals surface area contributed by atoms with E-state index < -0.39 is 0 Å². The average molecular weight is 891 g/mol. The molecule has 2 fully saturated rings. The van der Waals surface area contributed by atoms with Crippen LogP contribution in [0.15, 0.2) is 175 Å². The Kier molecular flexibility index (Phi) is 9.49. The van der Waals surface area contributed by atoms with Crippen LogP contribution in [-0.4, -0.2) is 27.5 Å². The molecule has 2 heterocycles. The molecule has 11 aliphatic carbocycles. The molecule has 10 unspecified atom stereocenters. The number of hydrogen-bond donors (Lipinski definition) is 0. The quantitative estimate of drug-likeness (QED) is 0.252. The zero-order valence-corrected chi connectivity index (χ0v) is 40.5. The van der Waals surface area contributed by atoms with E-state index in [4.69, 9.17) is 0 Å². The smallest absolute Gasteiger partial charge is 0.0642 e. The van der Waals surface area contributed by atoms with Gasteiger partial charge < -0.3 is 9.80 Å². The highest BCUT2D eigenvalue weighted by Crippen LogP contribution is 2.70. The van der Waals surface area contributed by atoms with Gasteiger partial charge in [-0.05, 0) is 175 Å². The van der Waals surface area contributed by atoms with Gasteiger partial charge in [-0.1, -0.05) is 119 Å². The summed E-state index contributed by atoms with van der Waals surface area (Å²) in [5.74, 6) is 3.85. The molecule has 0 N–H and O–H groups in total. The molecule has 4 heteroatoms. The molecule has 1 aromatic carbocycles. The van der Waals surface area contributed by atoms with Gasteiger partial charge in [-0.25, -0.2) is 0 Å². The summed E-state index contributed by atoms with van der Waals surface area (Å²) in [5, 5.41) is 1.42. The van der Waals surface area contributed by atoms with Crippen LogP contribution in [0.2, 0.25) is 0 Å². The van der Waals surface area contributed by atoms with E-state index in [1.807, 2.05) is 0 Å². The fraction of sp³-hybridized carbons (Fsp3) is 0.475. The van der Waals surface area contributed by atoms with E-state index in [-0.39, 0.29) is 5.41 Å². The first-order valence-corrected chi connectivity index (χ1v) is 27.9. The summed E-state index contributed by atoms with van der Waals surface area (Å²) in [6.07, 6.45) is 55.6. The van der Waals surface area contributed by atoms with E-state index in [0.29, 0.717) is 52.8 Å². The summed E-state index contributed by atoms with van der Waals surface area (Å²) in [6.45, 7) is 7.67. The molecule has 1 aromatic rings. The molecule has 0 spiro atoms. The lowest BCUT2D eigenvalue weighted by molar-refractivity contribution is 0.0474. The van der Waals surface area contributed by atoms with E-state index >= 15 is 0 Å². The number of anilines is 1. The van der Waals surface area contributed by atoms with Gasteiger partial charge in [0.05, 0.1) is 17.8 Å². The van der Waals surface area contributed by atoms with Gasteiger partial charge >= 0.3 is 0 Å². The Morgan fingerprint density at radius 2 is 1.72 bits per heavy atom. The first kappa shape index (κ1) is 40.2. The zero-order valence-electron chi connectivity index (χ0n) is 38.9. The Bertz CT molecular complexity index is 2690. The summed E-state index contributed by atoms with van der Waals surface area (Å²) in [5.41, 5.74) is 19.5. The van der Waals surface area contributed by atoms with Crippen LogP contribution in [0.5, 0.6) is 0 Å². The SMILES string of the molecule is CCC1CC(N(C2=CCCC=C2)c2cccc3c2SC2CCC=CC32)=C2C=C3C4=C(C=C(N(C5C=CC=CC5)C5CC=CC6=C5SC5CCCCC65)[C@@H]5C6C=CC1=C2C6C45)CCC3(C)C. The molecular weight excluding hydrogens is 825 g/mol. The molecule has 2 saturated carbocycles. The molecule has 0 saturated heterocycles. The minimum absolute atomic E-state index is 0.114. The molecule has 0 aromatic heterocycles. The first-order chi connectivity index (χ1) is 32.0. The Balaban J connectivity index is 0.964. The topological polar surface area (TPSA) is 6.48 Å². The minimum Gasteiger partial charge on any atom is -0.360 e. The fourth-order valence-electron chi connectivity index (χ4n) is 15.6. The lowest BCUT2D eigenvalue weighted by atomic mass is 9.45. The molecule has 0 radical (unpaired) electrons. The summed E-state index contributed by atoms with van der Waals surface area (Å²) >= 11 is 4.50. The normalized spacial score (nSPS) is 37.2. The van der Waals surface area contributed by atoms with Crippen LogP contribution in [0, 0.1) is 40.9 Å². The van der Waals surface area contributed by atoms with Gasteiger partial charge in [0.15, 0.2) is 0 Å². The lowest BCUT2D eigenvalue weighted by Gasteiger charge is -2.61. The van der Waals surface area contributed by atoms with Gasteiger partial charge in [0.2, 0.25) is 0 Å². The van der Waals surface area contributed by atoms with E-state index in [0.717, 1.165) is 43.3 Å². The maximum Gasteiger partial charge on any atom is 0.0642 e. The second kappa shape index (κ2) is 15.3. The van der Waals surface area contributed by atoms with Crippen molar-refractivity contribution in [1.82, 2.24) is 4.90 Å². The van der Waals surface area contributed by atoms with Crippen molar-refractivity contribution in [2.24, 2.45) is 40.9 Å². The van der Waals surface area contributed by atoms with Crippen molar-refractivity contribution in [2.45, 2.75) is 144 Å². The summed E-state index contributed by atoms with van der Waals surface area (Å²) < 4.78 is 0. The maximum atomic E-state index is 3.06. The van der Waals surface area contributed by atoms with Crippen LogP contribution in [-0.2, 0) is 0 Å². The summed E-state index contributed by atoms with van der Waals surface area (Å²) in [4.78, 5) is 9.16. The molecule has 0 bridgehead atoms. The highest BCUT2D eigenvalue weighted by molar-refractivity contribution is 8.04. The molecule has 13 aliphatic rings. The monoisotopic (exact) mass is 890 g/mol. The second-order valence-corrected chi connectivity index (χ2v) is 24.9. The number of nitrogens with zero attached hydrogens (tertiary/aromatic N) is 2. The number of rotatable bonds is 7. The van der Waals surface area contributed by atoms with E-state index in [9.17, 15) is 0 Å². The van der Waals surface area contributed by atoms with Crippen LogP contribution in [0.3, 0.4) is 0 Å². The van der Waals surface area contributed by atoms with Crippen LogP contribution < -0.4 is 4.90 Å². The predicted molar refractivity (Wildman–Crippen MR) is 274 cm³/mol. The van der Waals surface area contributed by atoms with Gasteiger partial charge in [-0.3, -0.25) is 0 Å².